The van der Waals surface area contributed by atoms with Gasteiger partial charge in [0.25, 0.3) is 11.8 Å². The third-order valence-corrected chi connectivity index (χ3v) is 6.89. The summed E-state index contributed by atoms with van der Waals surface area (Å²) >= 11 is 6.02. The number of carbonyl (C=O) groups excluding carboxylic acids is 2. The molecule has 0 unspecified atom stereocenters. The fourth-order valence-corrected chi connectivity index (χ4v) is 5.11. The van der Waals surface area contributed by atoms with Gasteiger partial charge < -0.3 is 15.4 Å². The van der Waals surface area contributed by atoms with Gasteiger partial charge in [-0.15, -0.1) is 0 Å². The van der Waals surface area contributed by atoms with Gasteiger partial charge in [0, 0.05) is 34.1 Å². The van der Waals surface area contributed by atoms with Gasteiger partial charge in [-0.05, 0) is 67.6 Å². The van der Waals surface area contributed by atoms with Crippen molar-refractivity contribution in [3.63, 3.8) is 0 Å². The van der Waals surface area contributed by atoms with E-state index in [1.807, 2.05) is 49.5 Å². The minimum atomic E-state index is -0.239. The molecule has 3 aliphatic rings. The Morgan fingerprint density at radius 3 is 2.58 bits per heavy atom. The Morgan fingerprint density at radius 1 is 1.09 bits per heavy atom. The molecular formula is C25H25ClN4O3. The molecule has 3 aliphatic carbocycles. The van der Waals surface area contributed by atoms with Crippen molar-refractivity contribution in [2.24, 2.45) is 0 Å². The van der Waals surface area contributed by atoms with Gasteiger partial charge in [-0.2, -0.15) is 5.10 Å². The first-order valence-corrected chi connectivity index (χ1v) is 11.3. The molecule has 1 heterocycles. The molecule has 3 fully saturated rings. The molecule has 33 heavy (non-hydrogen) atoms. The molecule has 2 N–H and O–H groups in total. The Morgan fingerprint density at radius 2 is 1.85 bits per heavy atom. The Balaban J connectivity index is 1.12. The highest BCUT2D eigenvalue weighted by Crippen LogP contribution is 2.60. The summed E-state index contributed by atoms with van der Waals surface area (Å²) < 4.78 is 7.39. The minimum Gasteiger partial charge on any atom is -0.484 e. The first-order valence-electron chi connectivity index (χ1n) is 10.9. The Kier molecular flexibility index (Phi) is 5.37. The zero-order valence-corrected chi connectivity index (χ0v) is 19.1. The Bertz CT molecular complexity index is 1190. The molecule has 170 valence electrons. The van der Waals surface area contributed by atoms with Gasteiger partial charge in [0.05, 0.1) is 6.54 Å². The first kappa shape index (κ1) is 21.5. The first-order chi connectivity index (χ1) is 15.9. The lowest BCUT2D eigenvalue weighted by Gasteiger charge is -2.70. The van der Waals surface area contributed by atoms with Crippen LogP contribution in [0.15, 0.2) is 60.9 Å². The lowest BCUT2D eigenvalue weighted by atomic mass is 9.44. The number of rotatable bonds is 8. The monoisotopic (exact) mass is 464 g/mol. The van der Waals surface area contributed by atoms with Crippen molar-refractivity contribution in [3.05, 3.63) is 82.6 Å². The number of aryl methyl sites for hydroxylation is 1. The zero-order valence-electron chi connectivity index (χ0n) is 18.3. The molecule has 1 aromatic heterocycles. The molecule has 2 aromatic carbocycles. The van der Waals surface area contributed by atoms with E-state index in [0.29, 0.717) is 22.9 Å². The van der Waals surface area contributed by atoms with Crippen LogP contribution in [0.4, 0.5) is 0 Å². The molecule has 6 rings (SSSR count). The lowest BCUT2D eigenvalue weighted by molar-refractivity contribution is -0.141. The fraction of sp³-hybridized carbons (Fsp3) is 0.320. The maximum atomic E-state index is 13.0. The highest BCUT2D eigenvalue weighted by Gasteiger charge is 2.69. The largest absolute Gasteiger partial charge is 0.484 e. The minimum absolute atomic E-state index is 0.0526. The summed E-state index contributed by atoms with van der Waals surface area (Å²) in [6, 6.07) is 14.8. The van der Waals surface area contributed by atoms with Crippen LogP contribution >= 0.6 is 11.6 Å². The van der Waals surface area contributed by atoms with Crippen molar-refractivity contribution in [1.29, 1.82) is 0 Å². The average molecular weight is 465 g/mol. The van der Waals surface area contributed by atoms with E-state index >= 15 is 0 Å². The maximum Gasteiger partial charge on any atom is 0.258 e. The van der Waals surface area contributed by atoms with Crippen LogP contribution in [0, 0.1) is 6.92 Å². The van der Waals surface area contributed by atoms with E-state index in [4.69, 9.17) is 16.3 Å². The second kappa shape index (κ2) is 8.23. The Labute approximate surface area is 197 Å². The van der Waals surface area contributed by atoms with Crippen LogP contribution in [0.1, 0.15) is 40.7 Å². The van der Waals surface area contributed by atoms with E-state index in [1.54, 1.807) is 23.0 Å². The van der Waals surface area contributed by atoms with Crippen molar-refractivity contribution < 1.29 is 14.3 Å². The maximum absolute atomic E-state index is 13.0. The number of hydrogen-bond donors (Lipinski definition) is 2. The normalized spacial score (nSPS) is 22.6. The number of nitrogens with one attached hydrogen (secondary N) is 2. The molecule has 3 aromatic rings. The summed E-state index contributed by atoms with van der Waals surface area (Å²) in [6.07, 6.45) is 5.80. The molecule has 2 amide bonds. The quantitative estimate of drug-likeness (QED) is 0.534. The molecule has 0 radical (unpaired) electrons. The summed E-state index contributed by atoms with van der Waals surface area (Å²) in [6.45, 7) is 2.38. The molecule has 2 bridgehead atoms. The molecule has 0 atom stereocenters. The van der Waals surface area contributed by atoms with Crippen LogP contribution in [0.3, 0.4) is 0 Å². The summed E-state index contributed by atoms with van der Waals surface area (Å²) in [7, 11) is 0. The second-order valence-corrected chi connectivity index (χ2v) is 9.56. The van der Waals surface area contributed by atoms with Gasteiger partial charge in [0.1, 0.15) is 5.75 Å². The predicted molar refractivity (Wildman–Crippen MR) is 124 cm³/mol. The highest BCUT2D eigenvalue weighted by molar-refractivity contribution is 6.31. The van der Waals surface area contributed by atoms with Gasteiger partial charge in [-0.1, -0.05) is 29.8 Å². The van der Waals surface area contributed by atoms with Gasteiger partial charge in [0.2, 0.25) is 0 Å². The standard InChI is InChI=1S/C25H25ClN4O3/c1-17-11-19(7-8-21(17)26)33-13-22(31)28-24-14-25(15-24,16-24)29-23(32)20-6-3-2-5-18(20)12-30-10-4-9-27-30/h2-11H,12-16H2,1H3,(H,28,31)(H,29,32). The number of amides is 2. The molecule has 3 saturated carbocycles. The number of ether oxygens (including phenoxy) is 1. The van der Waals surface area contributed by atoms with E-state index in [2.05, 4.69) is 15.7 Å². The van der Waals surface area contributed by atoms with Crippen LogP contribution in [-0.4, -0.2) is 39.3 Å². The highest BCUT2D eigenvalue weighted by atomic mass is 35.5. The average Bonchev–Trinajstić information content (AvgIpc) is 3.25. The number of benzene rings is 2. The summed E-state index contributed by atoms with van der Waals surface area (Å²) in [5.74, 6) is 0.368. The van der Waals surface area contributed by atoms with Crippen LogP contribution in [0.25, 0.3) is 0 Å². The van der Waals surface area contributed by atoms with E-state index in [1.165, 1.54) is 0 Å². The molecule has 0 saturated heterocycles. The number of aromatic nitrogens is 2. The van der Waals surface area contributed by atoms with E-state index in [-0.39, 0.29) is 29.5 Å². The third kappa shape index (κ3) is 4.33. The molecule has 8 heteroatoms. The summed E-state index contributed by atoms with van der Waals surface area (Å²) in [5, 5.41) is 11.2. The topological polar surface area (TPSA) is 85.3 Å². The van der Waals surface area contributed by atoms with Crippen molar-refractivity contribution in [1.82, 2.24) is 20.4 Å². The molecule has 7 nitrogen and oxygen atoms in total. The predicted octanol–water partition coefficient (Wildman–Crippen LogP) is 3.49. The van der Waals surface area contributed by atoms with Crippen LogP contribution in [-0.2, 0) is 11.3 Å². The summed E-state index contributed by atoms with van der Waals surface area (Å²) in [5.41, 5.74) is 2.00. The molecular weight excluding hydrogens is 440 g/mol. The number of nitrogens with zero attached hydrogens (tertiary/aromatic N) is 2. The van der Waals surface area contributed by atoms with Crippen LogP contribution in [0.2, 0.25) is 5.02 Å². The second-order valence-electron chi connectivity index (χ2n) is 9.15. The van der Waals surface area contributed by atoms with Gasteiger partial charge >= 0.3 is 0 Å². The van der Waals surface area contributed by atoms with E-state index in [9.17, 15) is 9.59 Å². The van der Waals surface area contributed by atoms with Gasteiger partial charge in [-0.25, -0.2) is 0 Å². The number of carbonyl (C=O) groups is 2. The lowest BCUT2D eigenvalue weighted by Crippen LogP contribution is -2.84. The van der Waals surface area contributed by atoms with Crippen LogP contribution in [0.5, 0.6) is 5.75 Å². The zero-order chi connectivity index (χ0) is 23.1. The van der Waals surface area contributed by atoms with E-state index < -0.39 is 0 Å². The van der Waals surface area contributed by atoms with Crippen LogP contribution < -0.4 is 15.4 Å². The van der Waals surface area contributed by atoms with Crippen molar-refractivity contribution in [3.8, 4) is 5.75 Å². The van der Waals surface area contributed by atoms with Gasteiger partial charge in [-0.3, -0.25) is 14.3 Å². The fourth-order valence-electron chi connectivity index (χ4n) is 5.00. The number of hydrogen-bond acceptors (Lipinski definition) is 4. The third-order valence-electron chi connectivity index (χ3n) is 6.47. The van der Waals surface area contributed by atoms with Gasteiger partial charge in [0.15, 0.2) is 6.61 Å². The molecule has 0 aliphatic heterocycles. The van der Waals surface area contributed by atoms with E-state index in [0.717, 1.165) is 30.4 Å². The van der Waals surface area contributed by atoms with Crippen molar-refractivity contribution in [2.45, 2.75) is 43.8 Å². The smallest absolute Gasteiger partial charge is 0.258 e. The molecule has 0 spiro atoms. The SMILES string of the molecule is Cc1cc(OCC(=O)NC23CC(NC(=O)c4ccccc4Cn4cccn4)(C2)C3)ccc1Cl. The Hall–Kier alpha value is -3.32. The van der Waals surface area contributed by atoms with Crippen molar-refractivity contribution >= 4 is 23.4 Å². The number of halogens is 1. The van der Waals surface area contributed by atoms with Crippen molar-refractivity contribution in [2.75, 3.05) is 6.61 Å². The summed E-state index contributed by atoms with van der Waals surface area (Å²) in [4.78, 5) is 25.4.